The van der Waals surface area contributed by atoms with Crippen molar-refractivity contribution < 1.29 is 4.74 Å². The van der Waals surface area contributed by atoms with Gasteiger partial charge in [-0.15, -0.1) is 0 Å². The summed E-state index contributed by atoms with van der Waals surface area (Å²) in [6.45, 7) is 2.10. The normalized spacial score (nSPS) is 16.6. The van der Waals surface area contributed by atoms with Crippen molar-refractivity contribution in [3.8, 4) is 5.88 Å². The SMILES string of the molecule is CCCc1nc(NN)cc(OC2CCCCC2)n1. The zero-order valence-electron chi connectivity index (χ0n) is 11.0. The summed E-state index contributed by atoms with van der Waals surface area (Å²) in [6, 6.07) is 1.77. The molecule has 0 unspecified atom stereocenters. The van der Waals surface area contributed by atoms with E-state index in [9.17, 15) is 0 Å². The van der Waals surface area contributed by atoms with Crippen LogP contribution in [0.1, 0.15) is 51.3 Å². The van der Waals surface area contributed by atoms with Crippen LogP contribution in [-0.2, 0) is 6.42 Å². The number of hydrazine groups is 1. The minimum atomic E-state index is 0.300. The number of ether oxygens (including phenoxy) is 1. The Morgan fingerprint density at radius 3 is 2.78 bits per heavy atom. The molecule has 0 aliphatic heterocycles. The highest BCUT2D eigenvalue weighted by atomic mass is 16.5. The molecule has 0 aromatic carbocycles. The third kappa shape index (κ3) is 3.57. The van der Waals surface area contributed by atoms with Gasteiger partial charge in [-0.2, -0.15) is 4.98 Å². The van der Waals surface area contributed by atoms with E-state index in [2.05, 4.69) is 22.3 Å². The Balaban J connectivity index is 2.07. The lowest BCUT2D eigenvalue weighted by molar-refractivity contribution is 0.148. The summed E-state index contributed by atoms with van der Waals surface area (Å²) in [6.07, 6.45) is 8.22. The molecular formula is C13H22N4O. The second-order valence-corrected chi connectivity index (χ2v) is 4.78. The highest BCUT2D eigenvalue weighted by Crippen LogP contribution is 2.23. The molecule has 2 rings (SSSR count). The number of hydrogen-bond acceptors (Lipinski definition) is 5. The van der Waals surface area contributed by atoms with Gasteiger partial charge in [-0.1, -0.05) is 13.3 Å². The van der Waals surface area contributed by atoms with Crippen LogP contribution in [0, 0.1) is 0 Å². The molecule has 1 heterocycles. The zero-order chi connectivity index (χ0) is 12.8. The Labute approximate surface area is 108 Å². The molecule has 1 aliphatic rings. The predicted molar refractivity (Wildman–Crippen MR) is 71.3 cm³/mol. The summed E-state index contributed by atoms with van der Waals surface area (Å²) >= 11 is 0. The molecule has 0 saturated heterocycles. The molecule has 0 bridgehead atoms. The topological polar surface area (TPSA) is 73.1 Å². The first kappa shape index (κ1) is 13.1. The Kier molecular flexibility index (Phi) is 4.75. The largest absolute Gasteiger partial charge is 0.474 e. The highest BCUT2D eigenvalue weighted by Gasteiger charge is 2.16. The molecule has 1 aromatic rings. The molecule has 100 valence electrons. The van der Waals surface area contributed by atoms with Gasteiger partial charge in [0.15, 0.2) is 0 Å². The van der Waals surface area contributed by atoms with E-state index >= 15 is 0 Å². The van der Waals surface area contributed by atoms with Gasteiger partial charge in [0, 0.05) is 12.5 Å². The average Bonchev–Trinajstić information content (AvgIpc) is 2.40. The summed E-state index contributed by atoms with van der Waals surface area (Å²) in [7, 11) is 0. The lowest BCUT2D eigenvalue weighted by atomic mass is 9.98. The van der Waals surface area contributed by atoms with Gasteiger partial charge in [-0.05, 0) is 32.1 Å². The summed E-state index contributed by atoms with van der Waals surface area (Å²) in [5, 5.41) is 0. The van der Waals surface area contributed by atoms with Crippen molar-refractivity contribution in [2.45, 2.75) is 58.0 Å². The smallest absolute Gasteiger partial charge is 0.219 e. The number of hydrogen-bond donors (Lipinski definition) is 2. The molecule has 18 heavy (non-hydrogen) atoms. The number of aryl methyl sites for hydroxylation is 1. The van der Waals surface area contributed by atoms with Crippen LogP contribution in [-0.4, -0.2) is 16.1 Å². The quantitative estimate of drug-likeness (QED) is 0.620. The third-order valence-electron chi connectivity index (χ3n) is 3.21. The van der Waals surface area contributed by atoms with E-state index < -0.39 is 0 Å². The standard InChI is InChI=1S/C13H22N4O/c1-2-6-11-15-12(17-14)9-13(16-11)18-10-7-4-3-5-8-10/h9-10H,2-8,14H2,1H3,(H,15,16,17). The molecule has 0 atom stereocenters. The van der Waals surface area contributed by atoms with Gasteiger partial charge >= 0.3 is 0 Å². The van der Waals surface area contributed by atoms with Gasteiger partial charge in [0.1, 0.15) is 17.7 Å². The molecule has 3 N–H and O–H groups in total. The van der Waals surface area contributed by atoms with Crippen LogP contribution in [0.5, 0.6) is 5.88 Å². The van der Waals surface area contributed by atoms with Crippen LogP contribution in [0.2, 0.25) is 0 Å². The van der Waals surface area contributed by atoms with Gasteiger partial charge in [0.25, 0.3) is 0 Å². The molecule has 1 aliphatic carbocycles. The van der Waals surface area contributed by atoms with E-state index in [0.29, 0.717) is 17.8 Å². The molecule has 1 aromatic heterocycles. The van der Waals surface area contributed by atoms with E-state index in [1.807, 2.05) is 0 Å². The first-order valence-electron chi connectivity index (χ1n) is 6.83. The minimum Gasteiger partial charge on any atom is -0.474 e. The number of rotatable bonds is 5. The maximum atomic E-state index is 5.94. The van der Waals surface area contributed by atoms with Gasteiger partial charge < -0.3 is 10.2 Å². The maximum Gasteiger partial charge on any atom is 0.219 e. The summed E-state index contributed by atoms with van der Waals surface area (Å²) in [5.74, 6) is 7.48. The Bertz CT molecular complexity index is 377. The van der Waals surface area contributed by atoms with E-state index in [1.165, 1.54) is 19.3 Å². The Morgan fingerprint density at radius 1 is 1.33 bits per heavy atom. The van der Waals surface area contributed by atoms with Gasteiger partial charge in [0.2, 0.25) is 5.88 Å². The average molecular weight is 250 g/mol. The van der Waals surface area contributed by atoms with Crippen molar-refractivity contribution in [2.75, 3.05) is 5.43 Å². The fourth-order valence-corrected chi connectivity index (χ4v) is 2.30. The van der Waals surface area contributed by atoms with Crippen LogP contribution in [0.4, 0.5) is 5.82 Å². The lowest BCUT2D eigenvalue weighted by Gasteiger charge is -2.22. The predicted octanol–water partition coefficient (Wildman–Crippen LogP) is 2.43. The number of nitrogens with zero attached hydrogens (tertiary/aromatic N) is 2. The van der Waals surface area contributed by atoms with E-state index in [4.69, 9.17) is 10.6 Å². The number of nitrogen functional groups attached to an aromatic ring is 1. The molecule has 1 saturated carbocycles. The van der Waals surface area contributed by atoms with Crippen LogP contribution in [0.15, 0.2) is 6.07 Å². The number of nitrogens with two attached hydrogens (primary N) is 1. The van der Waals surface area contributed by atoms with Crippen molar-refractivity contribution in [2.24, 2.45) is 5.84 Å². The van der Waals surface area contributed by atoms with Crippen LogP contribution >= 0.6 is 0 Å². The molecular weight excluding hydrogens is 228 g/mol. The van der Waals surface area contributed by atoms with E-state index in [0.717, 1.165) is 31.5 Å². The fraction of sp³-hybridized carbons (Fsp3) is 0.692. The van der Waals surface area contributed by atoms with Gasteiger partial charge in [-0.25, -0.2) is 10.8 Å². The first-order chi connectivity index (χ1) is 8.81. The number of anilines is 1. The third-order valence-corrected chi connectivity index (χ3v) is 3.21. The van der Waals surface area contributed by atoms with E-state index in [-0.39, 0.29) is 0 Å². The van der Waals surface area contributed by atoms with Crippen LogP contribution in [0.3, 0.4) is 0 Å². The number of aromatic nitrogens is 2. The van der Waals surface area contributed by atoms with Crippen molar-refractivity contribution in [3.05, 3.63) is 11.9 Å². The van der Waals surface area contributed by atoms with Crippen molar-refractivity contribution >= 4 is 5.82 Å². The first-order valence-corrected chi connectivity index (χ1v) is 6.83. The highest BCUT2D eigenvalue weighted by molar-refractivity contribution is 5.37. The van der Waals surface area contributed by atoms with Crippen molar-refractivity contribution in [1.82, 2.24) is 9.97 Å². The summed E-state index contributed by atoms with van der Waals surface area (Å²) in [4.78, 5) is 8.74. The molecule has 5 nitrogen and oxygen atoms in total. The Hall–Kier alpha value is -1.36. The van der Waals surface area contributed by atoms with E-state index in [1.54, 1.807) is 6.07 Å². The molecule has 1 fully saturated rings. The lowest BCUT2D eigenvalue weighted by Crippen LogP contribution is -2.21. The number of nitrogens with one attached hydrogen (secondary N) is 1. The Morgan fingerprint density at radius 2 is 2.11 bits per heavy atom. The summed E-state index contributed by atoms with van der Waals surface area (Å²) in [5.41, 5.74) is 2.57. The zero-order valence-corrected chi connectivity index (χ0v) is 11.0. The van der Waals surface area contributed by atoms with Crippen molar-refractivity contribution in [1.29, 1.82) is 0 Å². The van der Waals surface area contributed by atoms with Gasteiger partial charge in [0.05, 0.1) is 0 Å². The molecule has 0 spiro atoms. The van der Waals surface area contributed by atoms with Gasteiger partial charge in [-0.3, -0.25) is 0 Å². The minimum absolute atomic E-state index is 0.300. The maximum absolute atomic E-state index is 5.94. The fourth-order valence-electron chi connectivity index (χ4n) is 2.30. The molecule has 0 radical (unpaired) electrons. The van der Waals surface area contributed by atoms with Crippen LogP contribution in [0.25, 0.3) is 0 Å². The van der Waals surface area contributed by atoms with Crippen LogP contribution < -0.4 is 16.0 Å². The summed E-state index contributed by atoms with van der Waals surface area (Å²) < 4.78 is 5.94. The monoisotopic (exact) mass is 250 g/mol. The second-order valence-electron chi connectivity index (χ2n) is 4.78. The van der Waals surface area contributed by atoms with Crippen molar-refractivity contribution in [3.63, 3.8) is 0 Å². The molecule has 5 heteroatoms. The molecule has 0 amide bonds. The second kappa shape index (κ2) is 6.54.